The molecule has 7 rings (SSSR count). The maximum atomic E-state index is 14.0. The topological polar surface area (TPSA) is 106 Å². The van der Waals surface area contributed by atoms with Crippen LogP contribution in [0.15, 0.2) is 59.1 Å². The Bertz CT molecular complexity index is 1710. The quantitative estimate of drug-likeness (QED) is 0.320. The van der Waals surface area contributed by atoms with Gasteiger partial charge in [0.15, 0.2) is 5.58 Å². The van der Waals surface area contributed by atoms with Crippen LogP contribution in [0.3, 0.4) is 0 Å². The molecule has 3 fully saturated rings. The van der Waals surface area contributed by atoms with Crippen molar-refractivity contribution in [3.05, 3.63) is 65.2 Å². The number of nitrogens with zero attached hydrogens (tertiary/aromatic N) is 3. The van der Waals surface area contributed by atoms with Crippen molar-refractivity contribution in [2.24, 2.45) is 11.8 Å². The average molecular weight is 528 g/mol. The molecule has 2 amide bonds. The number of imide groups is 1. The molecule has 8 nitrogen and oxygen atoms in total. The monoisotopic (exact) mass is 527 g/mol. The van der Waals surface area contributed by atoms with E-state index in [0.717, 1.165) is 0 Å². The zero-order chi connectivity index (χ0) is 26.2. The van der Waals surface area contributed by atoms with Crippen LogP contribution in [0, 0.1) is 23.2 Å². The Morgan fingerprint density at radius 3 is 2.68 bits per heavy atom. The van der Waals surface area contributed by atoms with Crippen molar-refractivity contribution in [2.45, 2.75) is 37.4 Å². The Morgan fingerprint density at radius 1 is 1.08 bits per heavy atom. The Balaban J connectivity index is 1.20. The number of halogens is 1. The van der Waals surface area contributed by atoms with E-state index >= 15 is 0 Å². The normalized spacial score (nSPS) is 27.9. The van der Waals surface area contributed by atoms with Gasteiger partial charge in [-0.15, -0.1) is 0 Å². The van der Waals surface area contributed by atoms with Crippen LogP contribution in [0.25, 0.3) is 21.7 Å². The van der Waals surface area contributed by atoms with Crippen LogP contribution in [0.2, 0.25) is 5.02 Å². The molecular formula is C29H22ClN3O5. The van der Waals surface area contributed by atoms with Gasteiger partial charge >= 0.3 is 0 Å². The molecular weight excluding hydrogens is 506 g/mol. The second kappa shape index (κ2) is 8.03. The number of fused-ring (bicyclic) bond motifs is 7. The van der Waals surface area contributed by atoms with Gasteiger partial charge in [0.25, 0.3) is 5.88 Å². The van der Waals surface area contributed by atoms with E-state index in [2.05, 4.69) is 11.2 Å². The third-order valence-electron chi connectivity index (χ3n) is 8.44. The molecule has 3 aliphatic heterocycles. The molecule has 0 unspecified atom stereocenters. The highest BCUT2D eigenvalue weighted by Crippen LogP contribution is 2.62. The van der Waals surface area contributed by atoms with Crippen LogP contribution in [-0.4, -0.2) is 34.8 Å². The van der Waals surface area contributed by atoms with Crippen molar-refractivity contribution >= 4 is 50.8 Å². The van der Waals surface area contributed by atoms with E-state index < -0.39 is 23.0 Å². The molecule has 4 atom stereocenters. The SMILES string of the molecule is C[C@]12CC[C@](CCOc3noc4cc(Cl)ccc34)(O1)[C@@H]1C(=O)N(c3ccc(C#N)c4ccccc34)C(=O)[C@@H]12. The smallest absolute Gasteiger partial charge is 0.262 e. The van der Waals surface area contributed by atoms with Gasteiger partial charge in [0.05, 0.1) is 52.4 Å². The average Bonchev–Trinajstić information content (AvgIpc) is 3.62. The first-order valence-electron chi connectivity index (χ1n) is 12.5. The van der Waals surface area contributed by atoms with E-state index in [1.165, 1.54) is 4.90 Å². The van der Waals surface area contributed by atoms with Crippen LogP contribution >= 0.6 is 11.6 Å². The van der Waals surface area contributed by atoms with E-state index in [1.54, 1.807) is 30.3 Å². The molecule has 0 saturated carbocycles. The molecule has 4 aromatic rings. The fraction of sp³-hybridized carbons (Fsp3) is 0.310. The van der Waals surface area contributed by atoms with E-state index in [9.17, 15) is 14.9 Å². The number of hydrogen-bond donors (Lipinski definition) is 0. The van der Waals surface area contributed by atoms with Gasteiger partial charge in [-0.05, 0) is 49.2 Å². The summed E-state index contributed by atoms with van der Waals surface area (Å²) < 4.78 is 17.8. The standard InChI is InChI=1S/C29H22ClN3O5/c1-28-10-11-29(38-28,12-13-36-25-20-8-7-17(30)14-22(20)37-32-25)24-23(28)26(34)33(27(24)35)21-9-6-16(15-31)18-4-2-3-5-19(18)21/h2-9,14,23-24H,10-13H2,1H3/t23-,24+,28-,29-/m1/s1. The number of anilines is 1. The minimum absolute atomic E-state index is 0.241. The van der Waals surface area contributed by atoms with Gasteiger partial charge in [-0.3, -0.25) is 9.59 Å². The van der Waals surface area contributed by atoms with Gasteiger partial charge in [0.2, 0.25) is 11.8 Å². The van der Waals surface area contributed by atoms with Gasteiger partial charge in [0, 0.05) is 28.3 Å². The molecule has 3 aliphatic rings. The third-order valence-corrected chi connectivity index (χ3v) is 8.67. The highest BCUT2D eigenvalue weighted by molar-refractivity contribution is 6.31. The van der Waals surface area contributed by atoms with Crippen molar-refractivity contribution in [3.8, 4) is 11.9 Å². The van der Waals surface area contributed by atoms with Crippen molar-refractivity contribution in [3.63, 3.8) is 0 Å². The lowest BCUT2D eigenvalue weighted by atomic mass is 9.67. The lowest BCUT2D eigenvalue weighted by Crippen LogP contribution is -2.43. The Labute approximate surface area is 222 Å². The van der Waals surface area contributed by atoms with Crippen LogP contribution in [-0.2, 0) is 14.3 Å². The van der Waals surface area contributed by atoms with Gasteiger partial charge in [-0.2, -0.15) is 5.26 Å². The first-order chi connectivity index (χ1) is 18.3. The minimum atomic E-state index is -0.813. The Morgan fingerprint density at radius 2 is 1.87 bits per heavy atom. The molecule has 3 saturated heterocycles. The number of aromatic nitrogens is 1. The van der Waals surface area contributed by atoms with E-state index in [-0.39, 0.29) is 18.4 Å². The number of nitriles is 1. The summed E-state index contributed by atoms with van der Waals surface area (Å²) >= 11 is 6.03. The number of carbonyl (C=O) groups is 2. The molecule has 0 radical (unpaired) electrons. The summed E-state index contributed by atoms with van der Waals surface area (Å²) in [5, 5.41) is 16.2. The van der Waals surface area contributed by atoms with E-state index in [0.29, 0.717) is 63.2 Å². The zero-order valence-electron chi connectivity index (χ0n) is 20.4. The molecule has 4 heterocycles. The van der Waals surface area contributed by atoms with Crippen LogP contribution < -0.4 is 9.64 Å². The van der Waals surface area contributed by atoms with Crippen molar-refractivity contribution in [2.75, 3.05) is 11.5 Å². The third kappa shape index (κ3) is 3.09. The zero-order valence-corrected chi connectivity index (χ0v) is 21.2. The van der Waals surface area contributed by atoms with Gasteiger partial charge < -0.3 is 14.0 Å². The summed E-state index contributed by atoms with van der Waals surface area (Å²) in [6.07, 6.45) is 1.76. The first kappa shape index (κ1) is 23.2. The van der Waals surface area contributed by atoms with Crippen molar-refractivity contribution in [1.82, 2.24) is 5.16 Å². The summed E-state index contributed by atoms with van der Waals surface area (Å²) in [6.45, 7) is 2.17. The highest BCUT2D eigenvalue weighted by Gasteiger charge is 2.73. The molecule has 2 bridgehead atoms. The molecule has 3 aromatic carbocycles. The fourth-order valence-corrected chi connectivity index (χ4v) is 6.90. The number of ether oxygens (including phenoxy) is 2. The summed E-state index contributed by atoms with van der Waals surface area (Å²) in [7, 11) is 0. The molecule has 0 N–H and O–H groups in total. The highest BCUT2D eigenvalue weighted by atomic mass is 35.5. The number of amides is 2. The van der Waals surface area contributed by atoms with Gasteiger partial charge in [-0.25, -0.2) is 4.90 Å². The fourth-order valence-electron chi connectivity index (χ4n) is 6.74. The largest absolute Gasteiger partial charge is 0.475 e. The van der Waals surface area contributed by atoms with E-state index in [1.807, 2.05) is 31.2 Å². The maximum absolute atomic E-state index is 14.0. The molecule has 0 spiro atoms. The summed E-state index contributed by atoms with van der Waals surface area (Å²) in [4.78, 5) is 29.2. The number of benzene rings is 3. The first-order valence-corrected chi connectivity index (χ1v) is 12.9. The van der Waals surface area contributed by atoms with Crippen molar-refractivity contribution in [1.29, 1.82) is 5.26 Å². The van der Waals surface area contributed by atoms with E-state index in [4.69, 9.17) is 25.6 Å². The summed E-state index contributed by atoms with van der Waals surface area (Å²) in [5.41, 5.74) is -0.0162. The predicted molar refractivity (Wildman–Crippen MR) is 139 cm³/mol. The lowest BCUT2D eigenvalue weighted by Gasteiger charge is -2.31. The molecule has 9 heteroatoms. The maximum Gasteiger partial charge on any atom is 0.262 e. The second-order valence-corrected chi connectivity index (χ2v) is 10.9. The predicted octanol–water partition coefficient (Wildman–Crippen LogP) is 5.40. The number of hydrogen-bond acceptors (Lipinski definition) is 7. The number of rotatable bonds is 5. The molecule has 1 aromatic heterocycles. The van der Waals surface area contributed by atoms with Gasteiger partial charge in [-0.1, -0.05) is 35.9 Å². The Kier molecular flexibility index (Phi) is 4.91. The molecule has 0 aliphatic carbocycles. The van der Waals surface area contributed by atoms with Gasteiger partial charge in [0.1, 0.15) is 0 Å². The van der Waals surface area contributed by atoms with Crippen LogP contribution in [0.4, 0.5) is 5.69 Å². The van der Waals surface area contributed by atoms with Crippen LogP contribution in [0.1, 0.15) is 31.7 Å². The lowest BCUT2D eigenvalue weighted by molar-refractivity contribution is -0.131. The second-order valence-electron chi connectivity index (χ2n) is 10.5. The van der Waals surface area contributed by atoms with Crippen molar-refractivity contribution < 1.29 is 23.6 Å². The Hall–Kier alpha value is -3.93. The molecule has 38 heavy (non-hydrogen) atoms. The number of carbonyl (C=O) groups excluding carboxylic acids is 2. The molecule has 190 valence electrons. The minimum Gasteiger partial charge on any atom is -0.475 e. The van der Waals surface area contributed by atoms with Crippen LogP contribution in [0.5, 0.6) is 5.88 Å². The summed E-state index contributed by atoms with van der Waals surface area (Å²) in [6, 6.07) is 18.1. The summed E-state index contributed by atoms with van der Waals surface area (Å²) in [5.74, 6) is -1.35.